The van der Waals surface area contributed by atoms with Gasteiger partial charge in [0, 0.05) is 23.9 Å². The number of nitrogens with zero attached hydrogens (tertiary/aromatic N) is 1. The molecule has 0 spiro atoms. The molecular formula is C14H22N2. The lowest BCUT2D eigenvalue weighted by molar-refractivity contribution is 0.150. The first-order valence-corrected chi connectivity index (χ1v) is 6.18. The molecular weight excluding hydrogens is 196 g/mol. The van der Waals surface area contributed by atoms with Crippen molar-refractivity contribution in [3.05, 3.63) is 30.1 Å². The summed E-state index contributed by atoms with van der Waals surface area (Å²) >= 11 is 0. The Morgan fingerprint density at radius 3 is 2.75 bits per heavy atom. The molecule has 0 aliphatic heterocycles. The third-order valence-corrected chi connectivity index (χ3v) is 3.62. The van der Waals surface area contributed by atoms with Crippen molar-refractivity contribution in [3.8, 4) is 0 Å². The average Bonchev–Trinajstić information content (AvgIpc) is 2.16. The summed E-state index contributed by atoms with van der Waals surface area (Å²) in [7, 11) is 0. The van der Waals surface area contributed by atoms with Gasteiger partial charge in [0.1, 0.15) is 0 Å². The Hall–Kier alpha value is -0.890. The molecule has 1 aliphatic rings. The molecule has 1 aromatic rings. The zero-order valence-electron chi connectivity index (χ0n) is 10.4. The highest BCUT2D eigenvalue weighted by molar-refractivity contribution is 5.10. The van der Waals surface area contributed by atoms with Gasteiger partial charge in [-0.05, 0) is 36.8 Å². The van der Waals surface area contributed by atoms with E-state index in [0.29, 0.717) is 5.41 Å². The fraction of sp³-hybridized carbons (Fsp3) is 0.643. The molecule has 0 bridgehead atoms. The Kier molecular flexibility index (Phi) is 3.02. The maximum absolute atomic E-state index is 6.53. The van der Waals surface area contributed by atoms with Crippen molar-refractivity contribution < 1.29 is 0 Å². The predicted molar refractivity (Wildman–Crippen MR) is 67.1 cm³/mol. The van der Waals surface area contributed by atoms with Crippen molar-refractivity contribution in [2.45, 2.75) is 51.5 Å². The van der Waals surface area contributed by atoms with Crippen molar-refractivity contribution >= 4 is 0 Å². The van der Waals surface area contributed by atoms with E-state index >= 15 is 0 Å². The summed E-state index contributed by atoms with van der Waals surface area (Å²) < 4.78 is 0. The van der Waals surface area contributed by atoms with E-state index in [1.54, 1.807) is 0 Å². The van der Waals surface area contributed by atoms with Crippen molar-refractivity contribution in [2.24, 2.45) is 11.1 Å². The second kappa shape index (κ2) is 4.17. The Morgan fingerprint density at radius 1 is 1.31 bits per heavy atom. The van der Waals surface area contributed by atoms with E-state index in [-0.39, 0.29) is 5.54 Å². The van der Waals surface area contributed by atoms with Gasteiger partial charge in [-0.3, -0.25) is 4.98 Å². The van der Waals surface area contributed by atoms with Crippen LogP contribution in [0.2, 0.25) is 0 Å². The monoisotopic (exact) mass is 218 g/mol. The van der Waals surface area contributed by atoms with E-state index in [1.165, 1.54) is 12.8 Å². The fourth-order valence-electron chi connectivity index (χ4n) is 3.06. The van der Waals surface area contributed by atoms with Crippen LogP contribution in [0.4, 0.5) is 0 Å². The molecule has 1 heterocycles. The van der Waals surface area contributed by atoms with Crippen LogP contribution in [0.3, 0.4) is 0 Å². The average molecular weight is 218 g/mol. The lowest BCUT2D eigenvalue weighted by Crippen LogP contribution is -2.48. The van der Waals surface area contributed by atoms with E-state index < -0.39 is 0 Å². The zero-order valence-corrected chi connectivity index (χ0v) is 10.4. The highest BCUT2D eigenvalue weighted by Gasteiger charge is 2.37. The standard InChI is InChI=1S/C14H22N2/c1-13(2)7-5-8-14(15,11-13)10-12-6-3-4-9-16-12/h3-4,6,9H,5,7-8,10-11,15H2,1-2H3. The van der Waals surface area contributed by atoms with Crippen molar-refractivity contribution in [1.82, 2.24) is 4.98 Å². The molecule has 0 aromatic carbocycles. The third-order valence-electron chi connectivity index (χ3n) is 3.62. The SMILES string of the molecule is CC1(C)CCCC(N)(Cc2ccccn2)C1. The number of hydrogen-bond acceptors (Lipinski definition) is 2. The molecule has 16 heavy (non-hydrogen) atoms. The van der Waals surface area contributed by atoms with Gasteiger partial charge in [0.2, 0.25) is 0 Å². The summed E-state index contributed by atoms with van der Waals surface area (Å²) in [5.74, 6) is 0. The maximum Gasteiger partial charge on any atom is 0.0421 e. The minimum Gasteiger partial charge on any atom is -0.325 e. The number of aromatic nitrogens is 1. The van der Waals surface area contributed by atoms with Gasteiger partial charge in [-0.1, -0.05) is 26.3 Å². The minimum atomic E-state index is -0.0455. The quantitative estimate of drug-likeness (QED) is 0.829. The molecule has 2 rings (SSSR count). The van der Waals surface area contributed by atoms with Crippen LogP contribution in [0, 0.1) is 5.41 Å². The lowest BCUT2D eigenvalue weighted by Gasteiger charge is -2.42. The molecule has 0 amide bonds. The molecule has 1 atom stereocenters. The first-order chi connectivity index (χ1) is 7.49. The van der Waals surface area contributed by atoms with E-state index in [2.05, 4.69) is 24.9 Å². The molecule has 2 nitrogen and oxygen atoms in total. The predicted octanol–water partition coefficient (Wildman–Crippen LogP) is 2.92. The summed E-state index contributed by atoms with van der Waals surface area (Å²) in [4.78, 5) is 4.39. The molecule has 0 saturated heterocycles. The summed E-state index contributed by atoms with van der Waals surface area (Å²) in [6.45, 7) is 4.65. The Morgan fingerprint density at radius 2 is 2.12 bits per heavy atom. The van der Waals surface area contributed by atoms with Crippen LogP contribution in [-0.4, -0.2) is 10.5 Å². The summed E-state index contributed by atoms with van der Waals surface area (Å²) in [6.07, 6.45) is 7.55. The molecule has 0 radical (unpaired) electrons. The molecule has 1 unspecified atom stereocenters. The van der Waals surface area contributed by atoms with Crippen molar-refractivity contribution in [2.75, 3.05) is 0 Å². The second-order valence-electron chi connectivity index (χ2n) is 6.05. The molecule has 1 aliphatic carbocycles. The van der Waals surface area contributed by atoms with Gasteiger partial charge in [0.05, 0.1) is 0 Å². The Bertz CT molecular complexity index is 345. The summed E-state index contributed by atoms with van der Waals surface area (Å²) in [5, 5.41) is 0. The van der Waals surface area contributed by atoms with Gasteiger partial charge in [0.15, 0.2) is 0 Å². The van der Waals surface area contributed by atoms with Crippen molar-refractivity contribution in [3.63, 3.8) is 0 Å². The first-order valence-electron chi connectivity index (χ1n) is 6.18. The summed E-state index contributed by atoms with van der Waals surface area (Å²) in [6, 6.07) is 6.08. The Balaban J connectivity index is 2.08. The molecule has 1 saturated carbocycles. The normalized spacial score (nSPS) is 28.9. The highest BCUT2D eigenvalue weighted by Crippen LogP contribution is 2.40. The van der Waals surface area contributed by atoms with Crippen LogP contribution in [0.15, 0.2) is 24.4 Å². The number of rotatable bonds is 2. The molecule has 88 valence electrons. The van der Waals surface area contributed by atoms with Gasteiger partial charge in [-0.25, -0.2) is 0 Å². The smallest absolute Gasteiger partial charge is 0.0421 e. The number of nitrogens with two attached hydrogens (primary N) is 1. The van der Waals surface area contributed by atoms with Crippen LogP contribution >= 0.6 is 0 Å². The number of pyridine rings is 1. The fourth-order valence-corrected chi connectivity index (χ4v) is 3.06. The summed E-state index contributed by atoms with van der Waals surface area (Å²) in [5.41, 5.74) is 8.00. The molecule has 1 aromatic heterocycles. The molecule has 2 heteroatoms. The molecule has 2 N–H and O–H groups in total. The largest absolute Gasteiger partial charge is 0.325 e. The lowest BCUT2D eigenvalue weighted by atomic mass is 9.67. The van der Waals surface area contributed by atoms with E-state index in [9.17, 15) is 0 Å². The van der Waals surface area contributed by atoms with Crippen molar-refractivity contribution in [1.29, 1.82) is 0 Å². The highest BCUT2D eigenvalue weighted by atomic mass is 14.8. The number of hydrogen-bond donors (Lipinski definition) is 1. The van der Waals surface area contributed by atoms with Gasteiger partial charge in [0.25, 0.3) is 0 Å². The van der Waals surface area contributed by atoms with Crippen LogP contribution in [0.5, 0.6) is 0 Å². The van der Waals surface area contributed by atoms with E-state index in [1.807, 2.05) is 18.3 Å². The van der Waals surface area contributed by atoms with Crippen LogP contribution in [0.25, 0.3) is 0 Å². The maximum atomic E-state index is 6.53. The van der Waals surface area contributed by atoms with E-state index in [4.69, 9.17) is 5.73 Å². The van der Waals surface area contributed by atoms with Gasteiger partial charge >= 0.3 is 0 Å². The second-order valence-corrected chi connectivity index (χ2v) is 6.05. The van der Waals surface area contributed by atoms with Gasteiger partial charge in [-0.15, -0.1) is 0 Å². The van der Waals surface area contributed by atoms with Gasteiger partial charge < -0.3 is 5.73 Å². The molecule has 1 fully saturated rings. The van der Waals surface area contributed by atoms with Crippen LogP contribution in [-0.2, 0) is 6.42 Å². The Labute approximate surface area is 98.3 Å². The minimum absolute atomic E-state index is 0.0455. The third kappa shape index (κ3) is 2.82. The van der Waals surface area contributed by atoms with Crippen LogP contribution < -0.4 is 5.73 Å². The van der Waals surface area contributed by atoms with E-state index in [0.717, 1.165) is 25.0 Å². The topological polar surface area (TPSA) is 38.9 Å². The van der Waals surface area contributed by atoms with Gasteiger partial charge in [-0.2, -0.15) is 0 Å². The zero-order chi connectivity index (χ0) is 11.6. The first kappa shape index (κ1) is 11.6. The van der Waals surface area contributed by atoms with Crippen LogP contribution in [0.1, 0.15) is 45.2 Å².